The van der Waals surface area contributed by atoms with Crippen LogP contribution in [0.15, 0.2) is 17.0 Å². The van der Waals surface area contributed by atoms with E-state index in [-0.39, 0.29) is 10.9 Å². The molecule has 2 N–H and O–H groups in total. The Morgan fingerprint density at radius 2 is 1.95 bits per heavy atom. The lowest BCUT2D eigenvalue weighted by Crippen LogP contribution is -2.44. The van der Waals surface area contributed by atoms with Crippen LogP contribution in [-0.4, -0.2) is 25.3 Å². The monoisotopic (exact) mass is 316 g/mol. The number of hydrogen-bond donors (Lipinski definition) is 1. The number of anilines is 1. The second-order valence-electron chi connectivity index (χ2n) is 5.73. The molecule has 1 saturated heterocycles. The van der Waals surface area contributed by atoms with E-state index >= 15 is 0 Å². The van der Waals surface area contributed by atoms with Gasteiger partial charge in [0.2, 0.25) is 10.0 Å². The predicted molar refractivity (Wildman–Crippen MR) is 82.4 cm³/mol. The predicted octanol–water partition coefficient (Wildman–Crippen LogP) is 3.04. The van der Waals surface area contributed by atoms with Gasteiger partial charge in [-0.25, -0.2) is 8.42 Å². The molecule has 1 heterocycles. The fraction of sp³-hybridized carbons (Fsp3) is 0.571. The Bertz CT molecular complexity index is 593. The summed E-state index contributed by atoms with van der Waals surface area (Å²) < 4.78 is 27.1. The van der Waals surface area contributed by atoms with Crippen LogP contribution in [0.1, 0.15) is 32.3 Å². The van der Waals surface area contributed by atoms with Gasteiger partial charge in [0.15, 0.2) is 0 Å². The lowest BCUT2D eigenvalue weighted by atomic mass is 9.97. The van der Waals surface area contributed by atoms with Crippen LogP contribution in [0.25, 0.3) is 0 Å². The van der Waals surface area contributed by atoms with E-state index < -0.39 is 10.0 Å². The van der Waals surface area contributed by atoms with Crippen molar-refractivity contribution in [3.8, 4) is 0 Å². The number of nitrogens with two attached hydrogens (primary N) is 1. The van der Waals surface area contributed by atoms with Crippen LogP contribution in [0.4, 0.5) is 5.69 Å². The Balaban J connectivity index is 2.44. The van der Waals surface area contributed by atoms with Gasteiger partial charge in [-0.15, -0.1) is 0 Å². The molecule has 6 heteroatoms. The molecule has 0 saturated carbocycles. The normalized spacial score (nSPS) is 24.8. The highest BCUT2D eigenvalue weighted by Crippen LogP contribution is 2.31. The van der Waals surface area contributed by atoms with Gasteiger partial charge in [-0.1, -0.05) is 18.5 Å². The van der Waals surface area contributed by atoms with Crippen molar-refractivity contribution in [1.82, 2.24) is 4.31 Å². The first-order valence-electron chi connectivity index (χ1n) is 6.81. The maximum absolute atomic E-state index is 12.8. The van der Waals surface area contributed by atoms with Crippen LogP contribution in [-0.2, 0) is 10.0 Å². The molecule has 1 aliphatic heterocycles. The summed E-state index contributed by atoms with van der Waals surface area (Å²) in [5.41, 5.74) is 6.97. The minimum absolute atomic E-state index is 0.0116. The van der Waals surface area contributed by atoms with Crippen molar-refractivity contribution in [3.63, 3.8) is 0 Å². The van der Waals surface area contributed by atoms with E-state index in [0.717, 1.165) is 12.8 Å². The van der Waals surface area contributed by atoms with Gasteiger partial charge in [-0.05, 0) is 50.3 Å². The molecule has 0 bridgehead atoms. The summed E-state index contributed by atoms with van der Waals surface area (Å²) in [7, 11) is -3.54. The van der Waals surface area contributed by atoms with E-state index in [4.69, 9.17) is 17.3 Å². The van der Waals surface area contributed by atoms with Crippen molar-refractivity contribution in [2.75, 3.05) is 12.3 Å². The van der Waals surface area contributed by atoms with E-state index in [0.29, 0.717) is 28.7 Å². The van der Waals surface area contributed by atoms with Crippen LogP contribution >= 0.6 is 11.6 Å². The molecule has 0 aromatic heterocycles. The van der Waals surface area contributed by atoms with E-state index in [2.05, 4.69) is 6.92 Å². The molecule has 1 aliphatic rings. The second kappa shape index (κ2) is 5.54. The largest absolute Gasteiger partial charge is 0.398 e. The molecule has 0 amide bonds. The minimum Gasteiger partial charge on any atom is -0.398 e. The van der Waals surface area contributed by atoms with Gasteiger partial charge in [0.25, 0.3) is 0 Å². The minimum atomic E-state index is -3.54. The molecule has 1 aromatic carbocycles. The number of halogens is 1. The van der Waals surface area contributed by atoms with Crippen LogP contribution in [0.5, 0.6) is 0 Å². The summed E-state index contributed by atoms with van der Waals surface area (Å²) in [5, 5.41) is 0.390. The molecule has 2 rings (SSSR count). The molecule has 112 valence electrons. The number of piperidine rings is 1. The SMILES string of the molecule is Cc1c(N)cc(S(=O)(=O)N2CC(C)CCC2C)cc1Cl. The number of rotatable bonds is 2. The number of sulfonamides is 1. The van der Waals surface area contributed by atoms with Crippen LogP contribution in [0.3, 0.4) is 0 Å². The topological polar surface area (TPSA) is 63.4 Å². The average Bonchev–Trinajstić information content (AvgIpc) is 2.38. The van der Waals surface area contributed by atoms with Crippen LogP contribution in [0.2, 0.25) is 5.02 Å². The highest BCUT2D eigenvalue weighted by molar-refractivity contribution is 7.89. The Morgan fingerprint density at radius 1 is 1.30 bits per heavy atom. The van der Waals surface area contributed by atoms with E-state index in [1.54, 1.807) is 11.2 Å². The zero-order chi connectivity index (χ0) is 15.1. The van der Waals surface area contributed by atoms with Gasteiger partial charge in [-0.3, -0.25) is 0 Å². The molecule has 0 aliphatic carbocycles. The smallest absolute Gasteiger partial charge is 0.243 e. The van der Waals surface area contributed by atoms with Crippen LogP contribution in [0, 0.1) is 12.8 Å². The molecule has 20 heavy (non-hydrogen) atoms. The maximum Gasteiger partial charge on any atom is 0.243 e. The first-order chi connectivity index (χ1) is 9.23. The maximum atomic E-state index is 12.8. The van der Waals surface area contributed by atoms with Crippen molar-refractivity contribution >= 4 is 27.3 Å². The van der Waals surface area contributed by atoms with Crippen molar-refractivity contribution in [2.45, 2.75) is 44.6 Å². The van der Waals surface area contributed by atoms with Gasteiger partial charge >= 0.3 is 0 Å². The molecule has 4 nitrogen and oxygen atoms in total. The number of hydrogen-bond acceptors (Lipinski definition) is 3. The lowest BCUT2D eigenvalue weighted by Gasteiger charge is -2.35. The molecular weight excluding hydrogens is 296 g/mol. The van der Waals surface area contributed by atoms with E-state index in [1.165, 1.54) is 12.1 Å². The first-order valence-corrected chi connectivity index (χ1v) is 8.62. The van der Waals surface area contributed by atoms with Gasteiger partial charge in [0.1, 0.15) is 0 Å². The van der Waals surface area contributed by atoms with Gasteiger partial charge in [0, 0.05) is 23.3 Å². The van der Waals surface area contributed by atoms with Crippen molar-refractivity contribution < 1.29 is 8.42 Å². The lowest BCUT2D eigenvalue weighted by molar-refractivity contribution is 0.218. The number of benzene rings is 1. The summed E-state index contributed by atoms with van der Waals surface area (Å²) in [6.07, 6.45) is 1.94. The Hall–Kier alpha value is -0.780. The van der Waals surface area contributed by atoms with Crippen molar-refractivity contribution in [2.24, 2.45) is 5.92 Å². The van der Waals surface area contributed by atoms with Crippen molar-refractivity contribution in [1.29, 1.82) is 0 Å². The molecule has 0 spiro atoms. The first kappa shape index (κ1) is 15.6. The second-order valence-corrected chi connectivity index (χ2v) is 8.02. The quantitative estimate of drug-likeness (QED) is 0.853. The van der Waals surface area contributed by atoms with Gasteiger partial charge in [-0.2, -0.15) is 4.31 Å². The summed E-state index contributed by atoms with van der Waals surface area (Å²) in [5.74, 6) is 0.374. The molecule has 0 radical (unpaired) electrons. The fourth-order valence-corrected chi connectivity index (χ4v) is 4.68. The van der Waals surface area contributed by atoms with Gasteiger partial charge in [0.05, 0.1) is 4.90 Å². The third-order valence-corrected chi connectivity index (χ3v) is 6.38. The highest BCUT2D eigenvalue weighted by Gasteiger charge is 2.33. The molecule has 2 atom stereocenters. The average molecular weight is 317 g/mol. The molecule has 1 aromatic rings. The number of nitrogens with zero attached hydrogens (tertiary/aromatic N) is 1. The third-order valence-electron chi connectivity index (χ3n) is 4.03. The Labute approximate surface area is 126 Å². The summed E-state index contributed by atoms with van der Waals surface area (Å²) in [6.45, 7) is 6.35. The third kappa shape index (κ3) is 2.80. The molecule has 1 fully saturated rings. The molecular formula is C14H21ClN2O2S. The summed E-state index contributed by atoms with van der Waals surface area (Å²) in [6, 6.07) is 3.01. The highest BCUT2D eigenvalue weighted by atomic mass is 35.5. The zero-order valence-electron chi connectivity index (χ0n) is 12.1. The Kier molecular flexibility index (Phi) is 4.33. The summed E-state index contributed by atoms with van der Waals surface area (Å²) >= 11 is 6.07. The zero-order valence-corrected chi connectivity index (χ0v) is 13.6. The fourth-order valence-electron chi connectivity index (χ4n) is 2.54. The number of nitrogen functional groups attached to an aromatic ring is 1. The van der Waals surface area contributed by atoms with Crippen LogP contribution < -0.4 is 5.73 Å². The van der Waals surface area contributed by atoms with E-state index in [1.807, 2.05) is 6.92 Å². The van der Waals surface area contributed by atoms with Gasteiger partial charge < -0.3 is 5.73 Å². The summed E-state index contributed by atoms with van der Waals surface area (Å²) in [4.78, 5) is 0.187. The Morgan fingerprint density at radius 3 is 2.55 bits per heavy atom. The molecule has 2 unspecified atom stereocenters. The van der Waals surface area contributed by atoms with Crippen molar-refractivity contribution in [3.05, 3.63) is 22.7 Å². The van der Waals surface area contributed by atoms with E-state index in [9.17, 15) is 8.42 Å². The standard InChI is InChI=1S/C14H21ClN2O2S/c1-9-4-5-10(2)17(8-9)20(18,19)12-6-13(15)11(3)14(16)7-12/h6-7,9-10H,4-5,8,16H2,1-3H3.